The maximum absolute atomic E-state index is 12.7. The lowest BCUT2D eigenvalue weighted by molar-refractivity contribution is -0.384. The van der Waals surface area contributed by atoms with Gasteiger partial charge in [-0.1, -0.05) is 11.6 Å². The fraction of sp³-hybridized carbons (Fsp3) is 0.200. The van der Waals surface area contributed by atoms with Gasteiger partial charge in [0.1, 0.15) is 0 Å². The van der Waals surface area contributed by atoms with E-state index in [0.29, 0.717) is 16.1 Å². The average Bonchev–Trinajstić information content (AvgIpc) is 3.13. The van der Waals surface area contributed by atoms with Gasteiger partial charge in [0.05, 0.1) is 15.6 Å². The molecule has 1 amide bonds. The minimum absolute atomic E-state index is 0.0538. The first kappa shape index (κ1) is 21.3. The number of thiazole rings is 1. The molecule has 0 fully saturated rings. The Labute approximate surface area is 181 Å². The van der Waals surface area contributed by atoms with E-state index in [9.17, 15) is 14.9 Å². The van der Waals surface area contributed by atoms with Gasteiger partial charge < -0.3 is 4.90 Å². The predicted octanol–water partition coefficient (Wildman–Crippen LogP) is 5.58. The van der Waals surface area contributed by atoms with Crippen LogP contribution in [0.2, 0.25) is 5.02 Å². The second-order valence-electron chi connectivity index (χ2n) is 6.36. The first-order valence-electron chi connectivity index (χ1n) is 8.65. The Morgan fingerprint density at radius 3 is 2.62 bits per heavy atom. The molecule has 1 aromatic heterocycles. The summed E-state index contributed by atoms with van der Waals surface area (Å²) < 4.78 is 0. The highest BCUT2D eigenvalue weighted by Crippen LogP contribution is 2.26. The molecule has 0 aliphatic heterocycles. The van der Waals surface area contributed by atoms with E-state index in [2.05, 4.69) is 4.98 Å². The molecule has 0 spiro atoms. The number of aryl methyl sites for hydroxylation is 1. The Morgan fingerprint density at radius 1 is 1.28 bits per heavy atom. The highest BCUT2D eigenvalue weighted by Gasteiger charge is 2.16. The smallest absolute Gasteiger partial charge is 0.269 e. The minimum atomic E-state index is -0.481. The number of nitro groups is 1. The number of carbonyl (C=O) groups excluding carboxylic acids is 1. The SMILES string of the molecule is Cc1nc(CSc2ccc(C(=O)N(C)Cc3cc([N+](=O)[O-])ccc3Cl)cc2)cs1. The van der Waals surface area contributed by atoms with Crippen molar-refractivity contribution in [2.75, 3.05) is 7.05 Å². The van der Waals surface area contributed by atoms with Gasteiger partial charge in [-0.15, -0.1) is 23.1 Å². The zero-order chi connectivity index (χ0) is 21.0. The van der Waals surface area contributed by atoms with Crippen LogP contribution in [0.5, 0.6) is 0 Å². The number of benzene rings is 2. The Morgan fingerprint density at radius 2 is 2.00 bits per heavy atom. The summed E-state index contributed by atoms with van der Waals surface area (Å²) in [4.78, 5) is 30.2. The first-order valence-corrected chi connectivity index (χ1v) is 10.9. The lowest BCUT2D eigenvalue weighted by Gasteiger charge is -2.18. The lowest BCUT2D eigenvalue weighted by atomic mass is 10.1. The third-order valence-electron chi connectivity index (χ3n) is 4.15. The van der Waals surface area contributed by atoms with E-state index in [1.54, 1.807) is 42.3 Å². The van der Waals surface area contributed by atoms with E-state index < -0.39 is 4.92 Å². The summed E-state index contributed by atoms with van der Waals surface area (Å²) in [5, 5.41) is 14.4. The van der Waals surface area contributed by atoms with Crippen molar-refractivity contribution < 1.29 is 9.72 Å². The topological polar surface area (TPSA) is 76.3 Å². The number of aromatic nitrogens is 1. The number of nitro benzene ring substituents is 1. The van der Waals surface area contributed by atoms with E-state index in [1.165, 1.54) is 23.1 Å². The van der Waals surface area contributed by atoms with Gasteiger partial charge in [-0.2, -0.15) is 0 Å². The van der Waals surface area contributed by atoms with Crippen LogP contribution < -0.4 is 0 Å². The summed E-state index contributed by atoms with van der Waals surface area (Å²) in [7, 11) is 1.64. The molecule has 3 rings (SSSR count). The molecule has 3 aromatic rings. The Bertz CT molecular complexity index is 1040. The second-order valence-corrected chi connectivity index (χ2v) is 8.88. The van der Waals surface area contributed by atoms with Gasteiger partial charge in [0, 0.05) is 52.3 Å². The largest absolute Gasteiger partial charge is 0.337 e. The molecule has 150 valence electrons. The number of non-ortho nitro benzene ring substituents is 1. The van der Waals surface area contributed by atoms with Crippen molar-refractivity contribution in [3.8, 4) is 0 Å². The Kier molecular flexibility index (Phi) is 6.89. The van der Waals surface area contributed by atoms with Crippen molar-refractivity contribution >= 4 is 46.3 Å². The quantitative estimate of drug-likeness (QED) is 0.268. The normalized spacial score (nSPS) is 10.7. The molecule has 0 aliphatic carbocycles. The van der Waals surface area contributed by atoms with Crippen LogP contribution in [0.1, 0.15) is 26.6 Å². The van der Waals surface area contributed by atoms with Crippen LogP contribution in [0.3, 0.4) is 0 Å². The van der Waals surface area contributed by atoms with Crippen LogP contribution in [0.25, 0.3) is 0 Å². The van der Waals surface area contributed by atoms with E-state index in [1.807, 2.05) is 24.4 Å². The molecule has 2 aromatic carbocycles. The zero-order valence-electron chi connectivity index (χ0n) is 15.8. The second kappa shape index (κ2) is 9.39. The molecule has 9 heteroatoms. The number of rotatable bonds is 7. The molecular weight excluding hydrogens is 430 g/mol. The number of nitrogens with zero attached hydrogens (tertiary/aromatic N) is 3. The summed E-state index contributed by atoms with van der Waals surface area (Å²) in [6.45, 7) is 2.16. The summed E-state index contributed by atoms with van der Waals surface area (Å²) >= 11 is 9.43. The molecule has 0 N–H and O–H groups in total. The van der Waals surface area contributed by atoms with Crippen LogP contribution in [-0.4, -0.2) is 27.8 Å². The van der Waals surface area contributed by atoms with E-state index in [0.717, 1.165) is 21.3 Å². The van der Waals surface area contributed by atoms with Crippen molar-refractivity contribution in [3.63, 3.8) is 0 Å². The number of amides is 1. The summed E-state index contributed by atoms with van der Waals surface area (Å²) in [6.07, 6.45) is 0. The van der Waals surface area contributed by atoms with Crippen molar-refractivity contribution in [1.82, 2.24) is 9.88 Å². The molecule has 0 unspecified atom stereocenters. The third kappa shape index (κ3) is 5.56. The van der Waals surface area contributed by atoms with Crippen molar-refractivity contribution in [3.05, 3.63) is 84.8 Å². The lowest BCUT2D eigenvalue weighted by Crippen LogP contribution is -2.26. The van der Waals surface area contributed by atoms with Crippen LogP contribution in [-0.2, 0) is 12.3 Å². The highest BCUT2D eigenvalue weighted by molar-refractivity contribution is 7.98. The molecule has 0 saturated heterocycles. The summed E-state index contributed by atoms with van der Waals surface area (Å²) in [6, 6.07) is 11.6. The molecule has 0 atom stereocenters. The van der Waals surface area contributed by atoms with E-state index in [4.69, 9.17) is 11.6 Å². The van der Waals surface area contributed by atoms with Crippen molar-refractivity contribution in [2.45, 2.75) is 24.1 Å². The molecule has 29 heavy (non-hydrogen) atoms. The van der Waals surface area contributed by atoms with Crippen molar-refractivity contribution in [2.24, 2.45) is 0 Å². The van der Waals surface area contributed by atoms with Gasteiger partial charge in [-0.3, -0.25) is 14.9 Å². The minimum Gasteiger partial charge on any atom is -0.337 e. The van der Waals surface area contributed by atoms with Crippen LogP contribution in [0, 0.1) is 17.0 Å². The molecule has 0 saturated carbocycles. The Balaban J connectivity index is 1.63. The maximum atomic E-state index is 12.7. The van der Waals surface area contributed by atoms with Crippen LogP contribution >= 0.6 is 34.7 Å². The third-order valence-corrected chi connectivity index (χ3v) is 6.39. The number of hydrogen-bond donors (Lipinski definition) is 0. The fourth-order valence-corrected chi connectivity index (χ4v) is 4.36. The first-order chi connectivity index (χ1) is 13.8. The van der Waals surface area contributed by atoms with Gasteiger partial charge in [0.2, 0.25) is 0 Å². The molecule has 1 heterocycles. The van der Waals surface area contributed by atoms with E-state index in [-0.39, 0.29) is 18.1 Å². The molecular formula is C20H18ClN3O3S2. The maximum Gasteiger partial charge on any atom is 0.269 e. The summed E-state index contributed by atoms with van der Waals surface area (Å²) in [5.41, 5.74) is 2.07. The van der Waals surface area contributed by atoms with Gasteiger partial charge in [-0.25, -0.2) is 4.98 Å². The number of thioether (sulfide) groups is 1. The number of hydrogen-bond acceptors (Lipinski definition) is 6. The Hall–Kier alpha value is -2.42. The predicted molar refractivity (Wildman–Crippen MR) is 117 cm³/mol. The van der Waals surface area contributed by atoms with Gasteiger partial charge in [0.25, 0.3) is 11.6 Å². The fourth-order valence-electron chi connectivity index (χ4n) is 2.67. The standard InChI is InChI=1S/C20H18ClN3O3S2/c1-13-22-16(11-28-13)12-29-18-6-3-14(4-7-18)20(25)23(2)10-15-9-17(24(26)27)5-8-19(15)21/h3-9,11H,10,12H2,1-2H3. The molecule has 0 radical (unpaired) electrons. The van der Waals surface area contributed by atoms with Crippen molar-refractivity contribution in [1.29, 1.82) is 0 Å². The number of halogens is 1. The zero-order valence-corrected chi connectivity index (χ0v) is 18.2. The monoisotopic (exact) mass is 447 g/mol. The molecule has 0 bridgehead atoms. The van der Waals surface area contributed by atoms with Gasteiger partial charge in [-0.05, 0) is 42.8 Å². The highest BCUT2D eigenvalue weighted by atomic mass is 35.5. The van der Waals surface area contributed by atoms with Crippen LogP contribution in [0.4, 0.5) is 5.69 Å². The van der Waals surface area contributed by atoms with E-state index >= 15 is 0 Å². The molecule has 6 nitrogen and oxygen atoms in total. The van der Waals surface area contributed by atoms with Crippen LogP contribution in [0.15, 0.2) is 52.7 Å². The average molecular weight is 448 g/mol. The van der Waals surface area contributed by atoms with Gasteiger partial charge in [0.15, 0.2) is 0 Å². The van der Waals surface area contributed by atoms with Gasteiger partial charge >= 0.3 is 0 Å². The summed E-state index contributed by atoms with van der Waals surface area (Å²) in [5.74, 6) is 0.599. The number of carbonyl (C=O) groups is 1. The molecule has 0 aliphatic rings.